The smallest absolute Gasteiger partial charge is 0.226 e. The molecule has 0 aliphatic carbocycles. The van der Waals surface area contributed by atoms with Gasteiger partial charge in [-0.1, -0.05) is 25.5 Å². The Morgan fingerprint density at radius 1 is 1.10 bits per heavy atom. The number of unbranched alkanes of at least 4 members (excludes halogenated alkanes) is 1. The van der Waals surface area contributed by atoms with Crippen molar-refractivity contribution in [1.29, 1.82) is 0 Å². The topological polar surface area (TPSA) is 40.5 Å². The average molecular weight is 299 g/mol. The number of nitrogens with zero attached hydrogens (tertiary/aromatic N) is 2. The van der Waals surface area contributed by atoms with Gasteiger partial charge in [0.05, 0.1) is 32.8 Å². The van der Waals surface area contributed by atoms with E-state index >= 15 is 0 Å². The number of hydrogen-bond acceptors (Lipinski definition) is 2. The van der Waals surface area contributed by atoms with Crippen molar-refractivity contribution in [2.75, 3.05) is 45.9 Å². The van der Waals surface area contributed by atoms with Gasteiger partial charge in [0.25, 0.3) is 0 Å². The zero-order valence-corrected chi connectivity index (χ0v) is 14.5. The Morgan fingerprint density at radius 3 is 2.24 bits per heavy atom. The van der Waals surface area contributed by atoms with Crippen LogP contribution < -0.4 is 0 Å². The highest BCUT2D eigenvalue weighted by molar-refractivity contribution is 5.77. The largest absolute Gasteiger partial charge is 0.391 e. The van der Waals surface area contributed by atoms with Gasteiger partial charge < -0.3 is 14.5 Å². The quantitative estimate of drug-likeness (QED) is 0.444. The fourth-order valence-electron chi connectivity index (χ4n) is 2.57. The zero-order chi connectivity index (χ0) is 16.1. The molecule has 0 aromatic carbocycles. The predicted molar refractivity (Wildman–Crippen MR) is 89.1 cm³/mol. The third-order valence-corrected chi connectivity index (χ3v) is 4.41. The molecular weight excluding hydrogens is 264 g/mol. The van der Waals surface area contributed by atoms with Crippen LogP contribution in [0.3, 0.4) is 0 Å². The van der Waals surface area contributed by atoms with Gasteiger partial charge in [-0.3, -0.25) is 4.79 Å². The van der Waals surface area contributed by atoms with Crippen LogP contribution in [0.25, 0.3) is 0 Å². The van der Waals surface area contributed by atoms with Crippen molar-refractivity contribution in [2.45, 2.75) is 47.0 Å². The number of quaternary nitrogens is 1. The van der Waals surface area contributed by atoms with E-state index in [4.69, 9.17) is 0 Å². The van der Waals surface area contributed by atoms with Gasteiger partial charge in [0, 0.05) is 13.0 Å². The van der Waals surface area contributed by atoms with E-state index < -0.39 is 0 Å². The number of carbonyl (C=O) groups is 1. The molecule has 0 saturated heterocycles. The highest BCUT2D eigenvalue weighted by atomic mass is 16.3. The third kappa shape index (κ3) is 7.63. The summed E-state index contributed by atoms with van der Waals surface area (Å²) in [5, 5.41) is 9.26. The zero-order valence-electron chi connectivity index (χ0n) is 14.5. The average Bonchev–Trinajstić information content (AvgIpc) is 2.51. The molecule has 0 heterocycles. The minimum absolute atomic E-state index is 0.208. The molecule has 0 aliphatic rings. The van der Waals surface area contributed by atoms with E-state index in [1.165, 1.54) is 0 Å². The summed E-state index contributed by atoms with van der Waals surface area (Å²) in [7, 11) is 0. The molecule has 0 fully saturated rings. The number of aliphatic hydroxyl groups is 1. The summed E-state index contributed by atoms with van der Waals surface area (Å²) in [5.41, 5.74) is 0. The van der Waals surface area contributed by atoms with Crippen molar-refractivity contribution in [3.63, 3.8) is 0 Å². The minimum Gasteiger partial charge on any atom is -0.391 e. The second-order valence-corrected chi connectivity index (χ2v) is 5.58. The Hall–Kier alpha value is -0.870. The first-order valence-electron chi connectivity index (χ1n) is 8.47. The lowest BCUT2D eigenvalue weighted by Crippen LogP contribution is -2.53. The van der Waals surface area contributed by atoms with Crippen molar-refractivity contribution in [3.8, 4) is 0 Å². The van der Waals surface area contributed by atoms with Crippen LogP contribution in [-0.2, 0) is 4.79 Å². The molecule has 0 rings (SSSR count). The summed E-state index contributed by atoms with van der Waals surface area (Å²) in [6.45, 7) is 13.9. The Kier molecular flexibility index (Phi) is 11.3. The third-order valence-electron chi connectivity index (χ3n) is 4.41. The van der Waals surface area contributed by atoms with Gasteiger partial charge in [-0.25, -0.2) is 0 Å². The molecule has 0 bridgehead atoms. The Morgan fingerprint density at radius 2 is 1.76 bits per heavy atom. The lowest BCUT2D eigenvalue weighted by molar-refractivity contribution is -0.924. The minimum atomic E-state index is 0.208. The van der Waals surface area contributed by atoms with Crippen molar-refractivity contribution in [1.82, 2.24) is 4.90 Å². The molecule has 21 heavy (non-hydrogen) atoms. The fourth-order valence-corrected chi connectivity index (χ4v) is 2.57. The van der Waals surface area contributed by atoms with Crippen LogP contribution in [-0.4, -0.2) is 66.3 Å². The Balaban J connectivity index is 4.44. The van der Waals surface area contributed by atoms with Crippen LogP contribution in [0.2, 0.25) is 0 Å². The molecule has 0 aliphatic heterocycles. The first-order valence-corrected chi connectivity index (χ1v) is 8.47. The van der Waals surface area contributed by atoms with Gasteiger partial charge >= 0.3 is 0 Å². The van der Waals surface area contributed by atoms with Crippen LogP contribution in [0.5, 0.6) is 0 Å². The standard InChI is InChI=1S/C17H35N2O2/c1-5-9-10-11-12-17(21)18(6-2)13-14-19(7-3,8-4)15-16-20/h10-11,20H,5-9,12-16H2,1-4H3/q+1/b11-10+. The molecule has 0 aromatic rings. The number of rotatable bonds is 12. The van der Waals surface area contributed by atoms with Crippen molar-refractivity contribution in [2.24, 2.45) is 0 Å². The molecule has 1 amide bonds. The number of likely N-dealkylation sites (N-methyl/N-ethyl adjacent to an activating group) is 2. The van der Waals surface area contributed by atoms with Gasteiger partial charge in [-0.05, 0) is 27.2 Å². The molecule has 4 heteroatoms. The fraction of sp³-hybridized carbons (Fsp3) is 0.824. The number of amides is 1. The van der Waals surface area contributed by atoms with Gasteiger partial charge in [0.15, 0.2) is 0 Å². The predicted octanol–water partition coefficient (Wildman–Crippen LogP) is 2.43. The second kappa shape index (κ2) is 11.8. The van der Waals surface area contributed by atoms with E-state index in [9.17, 15) is 9.90 Å². The van der Waals surface area contributed by atoms with Crippen molar-refractivity contribution < 1.29 is 14.4 Å². The van der Waals surface area contributed by atoms with Gasteiger partial charge in [0.1, 0.15) is 6.54 Å². The summed E-state index contributed by atoms with van der Waals surface area (Å²) in [5.74, 6) is 0.208. The summed E-state index contributed by atoms with van der Waals surface area (Å²) >= 11 is 0. The molecule has 0 atom stereocenters. The van der Waals surface area contributed by atoms with E-state index in [2.05, 4.69) is 26.8 Å². The van der Waals surface area contributed by atoms with Crippen LogP contribution in [0.4, 0.5) is 0 Å². The number of carbonyl (C=O) groups excluding carboxylic acids is 1. The summed E-state index contributed by atoms with van der Waals surface area (Å²) in [6, 6.07) is 0. The number of hydrogen-bond donors (Lipinski definition) is 1. The maximum absolute atomic E-state index is 12.2. The molecule has 0 unspecified atom stereocenters. The molecule has 4 nitrogen and oxygen atoms in total. The second-order valence-electron chi connectivity index (χ2n) is 5.58. The van der Waals surface area contributed by atoms with Gasteiger partial charge in [0.2, 0.25) is 5.91 Å². The molecule has 124 valence electrons. The van der Waals surface area contributed by atoms with E-state index in [-0.39, 0.29) is 12.5 Å². The molecule has 0 saturated carbocycles. The van der Waals surface area contributed by atoms with Crippen LogP contribution in [0.15, 0.2) is 12.2 Å². The molecular formula is C17H35N2O2+. The SMILES string of the molecule is CCC/C=C/CC(=O)N(CC)CC[N+](CC)(CC)CCO. The lowest BCUT2D eigenvalue weighted by Gasteiger charge is -2.38. The van der Waals surface area contributed by atoms with E-state index in [0.717, 1.165) is 56.6 Å². The lowest BCUT2D eigenvalue weighted by atomic mass is 10.2. The van der Waals surface area contributed by atoms with Crippen LogP contribution in [0, 0.1) is 0 Å². The maximum atomic E-state index is 12.2. The van der Waals surface area contributed by atoms with Crippen LogP contribution in [0.1, 0.15) is 47.0 Å². The normalized spacial score (nSPS) is 12.0. The van der Waals surface area contributed by atoms with Gasteiger partial charge in [-0.15, -0.1) is 0 Å². The molecule has 1 N–H and O–H groups in total. The highest BCUT2D eigenvalue weighted by Crippen LogP contribution is 2.07. The van der Waals surface area contributed by atoms with Gasteiger partial charge in [-0.2, -0.15) is 0 Å². The molecule has 0 radical (unpaired) electrons. The molecule has 0 aromatic heterocycles. The summed E-state index contributed by atoms with van der Waals surface area (Å²) < 4.78 is 0.881. The molecule has 0 spiro atoms. The van der Waals surface area contributed by atoms with E-state index in [1.54, 1.807) is 0 Å². The van der Waals surface area contributed by atoms with Crippen molar-refractivity contribution in [3.05, 3.63) is 12.2 Å². The van der Waals surface area contributed by atoms with E-state index in [0.29, 0.717) is 6.42 Å². The Bertz CT molecular complexity index is 299. The Labute approximate surface area is 131 Å². The monoisotopic (exact) mass is 299 g/mol. The van der Waals surface area contributed by atoms with Crippen molar-refractivity contribution >= 4 is 5.91 Å². The number of aliphatic hydroxyl groups excluding tert-OH is 1. The van der Waals surface area contributed by atoms with Crippen LogP contribution >= 0.6 is 0 Å². The van der Waals surface area contributed by atoms with E-state index in [1.807, 2.05) is 17.9 Å². The highest BCUT2D eigenvalue weighted by Gasteiger charge is 2.24. The first-order chi connectivity index (χ1) is 10.1. The number of allylic oxidation sites excluding steroid dienone is 1. The summed E-state index contributed by atoms with van der Waals surface area (Å²) in [6.07, 6.45) is 6.75. The summed E-state index contributed by atoms with van der Waals surface area (Å²) in [4.78, 5) is 14.1. The maximum Gasteiger partial charge on any atom is 0.226 e. The first kappa shape index (κ1) is 20.1.